The van der Waals surface area contributed by atoms with Crippen LogP contribution in [0.5, 0.6) is 11.5 Å². The highest BCUT2D eigenvalue weighted by Crippen LogP contribution is 2.60. The molecular formula is C44H67N6O5P3. The van der Waals surface area contributed by atoms with Crippen molar-refractivity contribution in [3.05, 3.63) is 109 Å². The lowest BCUT2D eigenvalue weighted by atomic mass is 10.1. The molecule has 3 heterocycles. The molecule has 0 atom stereocenters. The van der Waals surface area contributed by atoms with E-state index in [0.29, 0.717) is 0 Å². The van der Waals surface area contributed by atoms with Gasteiger partial charge in [-0.05, 0) is 114 Å². The normalized spacial score (nSPS) is 18.7. The van der Waals surface area contributed by atoms with Crippen molar-refractivity contribution in [1.29, 1.82) is 0 Å². The molecule has 14 heteroatoms. The molecule has 0 spiro atoms. The van der Waals surface area contributed by atoms with Gasteiger partial charge in [0.15, 0.2) is 0 Å². The third-order valence-corrected chi connectivity index (χ3v) is 19.4. The minimum atomic E-state index is -2.67. The Balaban J connectivity index is 0.000000195. The number of methoxy groups -OCH3 is 2. The number of nitrogens with zero attached hydrogens (tertiary/aromatic N) is 6. The average Bonchev–Trinajstić information content (AvgIpc) is 3.80. The lowest BCUT2D eigenvalue weighted by molar-refractivity contribution is 0.269. The Labute approximate surface area is 349 Å². The van der Waals surface area contributed by atoms with Crippen molar-refractivity contribution in [2.75, 3.05) is 92.2 Å². The van der Waals surface area contributed by atoms with Gasteiger partial charge in [0.2, 0.25) is 7.44 Å². The molecule has 3 saturated heterocycles. The third kappa shape index (κ3) is 10.3. The molecule has 0 bridgehead atoms. The van der Waals surface area contributed by atoms with Crippen LogP contribution in [0.1, 0.15) is 49.0 Å². The topological polar surface area (TPSA) is 89.1 Å². The molecule has 4 aromatic carbocycles. The quantitative estimate of drug-likeness (QED) is 0.174. The number of rotatable bonds is 6. The van der Waals surface area contributed by atoms with E-state index in [9.17, 15) is 13.7 Å². The fourth-order valence-electron chi connectivity index (χ4n) is 7.94. The zero-order valence-corrected chi connectivity index (χ0v) is 38.4. The van der Waals surface area contributed by atoms with E-state index in [1.165, 1.54) is 0 Å². The number of hydrogen-bond acceptors (Lipinski definition) is 5. The van der Waals surface area contributed by atoms with Crippen LogP contribution >= 0.6 is 22.3 Å². The van der Waals surface area contributed by atoms with E-state index in [-0.39, 0.29) is 18.5 Å². The Morgan fingerprint density at radius 2 is 0.672 bits per heavy atom. The van der Waals surface area contributed by atoms with Gasteiger partial charge < -0.3 is 28.2 Å². The van der Waals surface area contributed by atoms with Crippen molar-refractivity contribution in [2.45, 2.75) is 60.0 Å². The Hall–Kier alpha value is -3.71. The van der Waals surface area contributed by atoms with Gasteiger partial charge in [0.25, 0.3) is 14.9 Å². The molecule has 58 heavy (non-hydrogen) atoms. The molecule has 3 aliphatic rings. The highest BCUT2D eigenvalue weighted by Gasteiger charge is 2.48. The zero-order valence-electron chi connectivity index (χ0n) is 35.7. The van der Waals surface area contributed by atoms with Gasteiger partial charge in [-0.25, -0.2) is 9.34 Å². The summed E-state index contributed by atoms with van der Waals surface area (Å²) in [6, 6.07) is 35.4. The summed E-state index contributed by atoms with van der Waals surface area (Å²) in [5.41, 5.74) is 3.95. The number of para-hydroxylation sites is 2. The lowest BCUT2D eigenvalue weighted by Gasteiger charge is -2.40. The molecular weight excluding hydrogens is 785 g/mol. The molecule has 11 nitrogen and oxygen atoms in total. The molecule has 0 aromatic heterocycles. The summed E-state index contributed by atoms with van der Waals surface area (Å²) in [5, 5.41) is 0. The maximum atomic E-state index is 13.4. The minimum Gasteiger partial charge on any atom is -0.497 e. The molecule has 7 rings (SSSR count). The average molecular weight is 853 g/mol. The van der Waals surface area contributed by atoms with Crippen LogP contribution in [0.25, 0.3) is 0 Å². The zero-order chi connectivity index (χ0) is 41.8. The second-order valence-electron chi connectivity index (χ2n) is 16.7. The van der Waals surface area contributed by atoms with Gasteiger partial charge in [-0.3, -0.25) is 13.7 Å². The Kier molecular flexibility index (Phi) is 15.1. The van der Waals surface area contributed by atoms with Crippen LogP contribution in [0.3, 0.4) is 0 Å². The highest BCUT2D eigenvalue weighted by molar-refractivity contribution is 7.67. The number of benzene rings is 4. The van der Waals surface area contributed by atoms with Gasteiger partial charge in [0, 0.05) is 93.1 Å². The van der Waals surface area contributed by atoms with Gasteiger partial charge in [0.1, 0.15) is 11.5 Å². The van der Waals surface area contributed by atoms with Crippen LogP contribution < -0.4 is 28.2 Å². The van der Waals surface area contributed by atoms with E-state index in [1.807, 2.05) is 148 Å². The molecule has 0 saturated carbocycles. The predicted octanol–water partition coefficient (Wildman–Crippen LogP) is 11.3. The van der Waals surface area contributed by atoms with Crippen molar-refractivity contribution in [3.8, 4) is 11.5 Å². The third-order valence-electron chi connectivity index (χ3n) is 10.7. The van der Waals surface area contributed by atoms with E-state index in [4.69, 9.17) is 9.47 Å². The molecule has 3 fully saturated rings. The van der Waals surface area contributed by atoms with Gasteiger partial charge in [0.05, 0.1) is 14.2 Å². The Morgan fingerprint density at radius 1 is 0.414 bits per heavy atom. The van der Waals surface area contributed by atoms with Crippen LogP contribution in [0.2, 0.25) is 0 Å². The summed E-state index contributed by atoms with van der Waals surface area (Å²) in [6.45, 7) is 23.2. The first-order valence-electron chi connectivity index (χ1n) is 19.5. The molecule has 0 N–H and O–H groups in total. The van der Waals surface area contributed by atoms with Crippen LogP contribution in [-0.2, 0) is 13.7 Å². The van der Waals surface area contributed by atoms with Gasteiger partial charge in [-0.2, -0.15) is 0 Å². The molecule has 0 aliphatic carbocycles. The van der Waals surface area contributed by atoms with E-state index in [1.54, 1.807) is 14.2 Å². The van der Waals surface area contributed by atoms with Crippen molar-refractivity contribution < 1.29 is 23.2 Å². The molecule has 318 valence electrons. The van der Waals surface area contributed by atoms with Gasteiger partial charge in [-0.15, -0.1) is 0 Å². The standard InChI is InChI=1S/C17H21N2O3P.C15H17N2OP.C11H25N2OP.CH4/c1-21-16-8-4-14(5-9-16)18-12-13-19(23(18,3)20)15-6-10-17(22-2)11-7-15;1-19(18)16(14-8-4-2-5-9-14)12-13-17(19)15-10-6-3-7-11-15;1-10(2,3)12-8-9-13(11(4,5)6)15(12,7)14;/h4-11H,12-13H2,1-3H3;2-11H,12-13H2,1H3;8-9H2,1-7H3;1H4. The first-order valence-corrected chi connectivity index (χ1v) is 25.7. The van der Waals surface area contributed by atoms with Crippen molar-refractivity contribution in [1.82, 2.24) is 9.34 Å². The highest BCUT2D eigenvalue weighted by atomic mass is 31.2. The summed E-state index contributed by atoms with van der Waals surface area (Å²) in [4.78, 5) is 0. The van der Waals surface area contributed by atoms with Crippen molar-refractivity contribution >= 4 is 45.1 Å². The van der Waals surface area contributed by atoms with E-state index < -0.39 is 22.3 Å². The van der Waals surface area contributed by atoms with E-state index in [2.05, 4.69) is 50.9 Å². The molecule has 0 unspecified atom stereocenters. The van der Waals surface area contributed by atoms with Crippen molar-refractivity contribution in [3.63, 3.8) is 0 Å². The molecule has 0 amide bonds. The summed E-state index contributed by atoms with van der Waals surface area (Å²) in [7, 11) is -4.27. The fraction of sp³-hybridized carbons (Fsp3) is 0.455. The van der Waals surface area contributed by atoms with Crippen LogP contribution in [0.4, 0.5) is 22.7 Å². The largest absolute Gasteiger partial charge is 0.497 e. The Bertz CT molecular complexity index is 1920. The monoisotopic (exact) mass is 852 g/mol. The second-order valence-corrected chi connectivity index (χ2v) is 24.6. The smallest absolute Gasteiger partial charge is 0.260 e. The summed E-state index contributed by atoms with van der Waals surface area (Å²) >= 11 is 0. The molecule has 4 aromatic rings. The number of hydrogen-bond donors (Lipinski definition) is 0. The Morgan fingerprint density at radius 3 is 0.897 bits per heavy atom. The van der Waals surface area contributed by atoms with Gasteiger partial charge >= 0.3 is 0 Å². The van der Waals surface area contributed by atoms with Crippen LogP contribution in [0.15, 0.2) is 109 Å². The molecule has 3 aliphatic heterocycles. The van der Waals surface area contributed by atoms with Crippen LogP contribution in [-0.4, -0.2) is 93.9 Å². The predicted molar refractivity (Wildman–Crippen MR) is 248 cm³/mol. The number of ether oxygens (including phenoxy) is 2. The maximum Gasteiger partial charge on any atom is 0.260 e. The van der Waals surface area contributed by atoms with E-state index >= 15 is 0 Å². The summed E-state index contributed by atoms with van der Waals surface area (Å²) < 4.78 is 62.0. The van der Waals surface area contributed by atoms with Crippen molar-refractivity contribution in [2.24, 2.45) is 0 Å². The lowest BCUT2D eigenvalue weighted by Crippen LogP contribution is -2.39. The number of anilines is 4. The van der Waals surface area contributed by atoms with Gasteiger partial charge in [-0.1, -0.05) is 43.8 Å². The van der Waals surface area contributed by atoms with Crippen LogP contribution in [0, 0.1) is 0 Å². The second kappa shape index (κ2) is 18.7. The first-order chi connectivity index (χ1) is 26.7. The fourth-order valence-corrected chi connectivity index (χ4v) is 16.0. The van der Waals surface area contributed by atoms with E-state index in [0.717, 1.165) is 73.5 Å². The summed E-state index contributed by atoms with van der Waals surface area (Å²) in [6.07, 6.45) is 0. The SMILES string of the molecule is C.CC(C)(C)N1CCN(C(C)(C)C)P1(C)=O.COc1ccc(N2CCN(c3ccc(OC)cc3)P2(C)=O)cc1.CP1(=O)N(c2ccccc2)CCN1c1ccccc1. The first kappa shape index (κ1) is 47.0. The summed E-state index contributed by atoms with van der Waals surface area (Å²) in [5.74, 6) is 1.59. The maximum absolute atomic E-state index is 13.4. The minimum absolute atomic E-state index is 0. The molecule has 0 radical (unpaired) electrons.